The maximum atomic E-state index is 12.3. The highest BCUT2D eigenvalue weighted by atomic mass is 16.2. The van der Waals surface area contributed by atoms with Crippen LogP contribution in [0.15, 0.2) is 24.5 Å². The second-order valence-electron chi connectivity index (χ2n) is 5.54. The number of carbonyl (C=O) groups is 1. The van der Waals surface area contributed by atoms with Gasteiger partial charge in [-0.2, -0.15) is 0 Å². The van der Waals surface area contributed by atoms with Crippen LogP contribution in [0.2, 0.25) is 0 Å². The molecule has 3 rings (SSSR count). The molecule has 1 aliphatic carbocycles. The molecule has 18 heavy (non-hydrogen) atoms. The lowest BCUT2D eigenvalue weighted by atomic mass is 9.79. The number of aromatic nitrogens is 1. The van der Waals surface area contributed by atoms with E-state index >= 15 is 0 Å². The smallest absolute Gasteiger partial charge is 0.253 e. The highest BCUT2D eigenvalue weighted by molar-refractivity contribution is 5.94. The zero-order valence-corrected chi connectivity index (χ0v) is 10.5. The number of rotatable bonds is 1. The number of fused-ring (bicyclic) bond motifs is 1. The fourth-order valence-electron chi connectivity index (χ4n) is 3.31. The summed E-state index contributed by atoms with van der Waals surface area (Å²) in [5, 5.41) is 0. The van der Waals surface area contributed by atoms with E-state index in [4.69, 9.17) is 5.73 Å². The van der Waals surface area contributed by atoms with Crippen molar-refractivity contribution in [1.29, 1.82) is 0 Å². The third-order valence-electron chi connectivity index (χ3n) is 4.30. The Kier molecular flexibility index (Phi) is 3.04. The first-order chi connectivity index (χ1) is 8.74. The second kappa shape index (κ2) is 4.69. The Balaban J connectivity index is 1.70. The molecule has 1 aliphatic heterocycles. The Labute approximate surface area is 107 Å². The van der Waals surface area contributed by atoms with E-state index in [2.05, 4.69) is 4.98 Å². The van der Waals surface area contributed by atoms with Gasteiger partial charge < -0.3 is 10.6 Å². The van der Waals surface area contributed by atoms with Gasteiger partial charge in [-0.05, 0) is 43.2 Å². The predicted octanol–water partition coefficient (Wildman–Crippen LogP) is 1.28. The van der Waals surface area contributed by atoms with Crippen molar-refractivity contribution in [2.24, 2.45) is 17.6 Å². The molecule has 0 bridgehead atoms. The second-order valence-corrected chi connectivity index (χ2v) is 5.54. The lowest BCUT2D eigenvalue weighted by Crippen LogP contribution is -2.32. The molecular weight excluding hydrogens is 226 g/mol. The number of nitrogens with zero attached hydrogens (tertiary/aromatic N) is 2. The number of nitrogens with two attached hydrogens (primary N) is 1. The van der Waals surface area contributed by atoms with Crippen LogP contribution in [0, 0.1) is 11.8 Å². The van der Waals surface area contributed by atoms with E-state index in [1.54, 1.807) is 24.5 Å². The van der Waals surface area contributed by atoms with Crippen molar-refractivity contribution in [2.45, 2.75) is 25.3 Å². The molecular formula is C14H19N3O. The van der Waals surface area contributed by atoms with Gasteiger partial charge in [0.05, 0.1) is 0 Å². The summed E-state index contributed by atoms with van der Waals surface area (Å²) in [7, 11) is 0. The van der Waals surface area contributed by atoms with Crippen LogP contribution in [0.3, 0.4) is 0 Å². The van der Waals surface area contributed by atoms with E-state index in [1.807, 2.05) is 4.90 Å². The van der Waals surface area contributed by atoms with Crippen LogP contribution in [0.5, 0.6) is 0 Å². The molecule has 2 fully saturated rings. The normalized spacial score (nSPS) is 31.2. The fraction of sp³-hybridized carbons (Fsp3) is 0.571. The summed E-state index contributed by atoms with van der Waals surface area (Å²) in [6.07, 6.45) is 6.70. The van der Waals surface area contributed by atoms with Gasteiger partial charge in [-0.15, -0.1) is 0 Å². The summed E-state index contributed by atoms with van der Waals surface area (Å²) in [4.78, 5) is 18.3. The zero-order chi connectivity index (χ0) is 12.5. The van der Waals surface area contributed by atoms with E-state index in [-0.39, 0.29) is 5.91 Å². The Morgan fingerprint density at radius 2 is 1.94 bits per heavy atom. The van der Waals surface area contributed by atoms with Gasteiger partial charge in [-0.3, -0.25) is 9.78 Å². The summed E-state index contributed by atoms with van der Waals surface area (Å²) < 4.78 is 0. The zero-order valence-electron chi connectivity index (χ0n) is 10.5. The third kappa shape index (κ3) is 2.12. The molecule has 0 spiro atoms. The molecule has 1 aromatic heterocycles. The maximum Gasteiger partial charge on any atom is 0.253 e. The minimum atomic E-state index is 0.139. The average Bonchev–Trinajstić information content (AvgIpc) is 2.81. The molecule has 1 aromatic rings. The third-order valence-corrected chi connectivity index (χ3v) is 4.30. The summed E-state index contributed by atoms with van der Waals surface area (Å²) in [5.41, 5.74) is 6.76. The quantitative estimate of drug-likeness (QED) is 0.811. The Bertz CT molecular complexity index is 434. The average molecular weight is 245 g/mol. The van der Waals surface area contributed by atoms with E-state index in [0.29, 0.717) is 17.9 Å². The summed E-state index contributed by atoms with van der Waals surface area (Å²) in [6.45, 7) is 1.78. The molecule has 3 atom stereocenters. The van der Waals surface area contributed by atoms with Crippen molar-refractivity contribution in [3.63, 3.8) is 0 Å². The minimum absolute atomic E-state index is 0.139. The monoisotopic (exact) mass is 245 g/mol. The van der Waals surface area contributed by atoms with E-state index in [0.717, 1.165) is 31.5 Å². The Morgan fingerprint density at radius 1 is 1.22 bits per heavy atom. The van der Waals surface area contributed by atoms with Crippen molar-refractivity contribution in [1.82, 2.24) is 9.88 Å². The molecule has 1 unspecified atom stereocenters. The molecule has 1 saturated heterocycles. The molecule has 2 heterocycles. The topological polar surface area (TPSA) is 59.2 Å². The fourth-order valence-corrected chi connectivity index (χ4v) is 3.31. The van der Waals surface area contributed by atoms with Gasteiger partial charge >= 0.3 is 0 Å². The van der Waals surface area contributed by atoms with Crippen molar-refractivity contribution < 1.29 is 4.79 Å². The summed E-state index contributed by atoms with van der Waals surface area (Å²) in [5.74, 6) is 1.41. The van der Waals surface area contributed by atoms with Gasteiger partial charge in [0.25, 0.3) is 5.91 Å². The molecule has 2 N–H and O–H groups in total. The van der Waals surface area contributed by atoms with Gasteiger partial charge in [0.1, 0.15) is 0 Å². The number of carbonyl (C=O) groups excluding carboxylic acids is 1. The van der Waals surface area contributed by atoms with Gasteiger partial charge in [0, 0.05) is 37.1 Å². The van der Waals surface area contributed by atoms with Crippen LogP contribution in [0.25, 0.3) is 0 Å². The lowest BCUT2D eigenvalue weighted by molar-refractivity contribution is 0.0784. The van der Waals surface area contributed by atoms with Crippen molar-refractivity contribution >= 4 is 5.91 Å². The number of pyridine rings is 1. The van der Waals surface area contributed by atoms with Gasteiger partial charge in [0.2, 0.25) is 0 Å². The minimum Gasteiger partial charge on any atom is -0.338 e. The van der Waals surface area contributed by atoms with E-state index in [1.165, 1.54) is 6.42 Å². The molecule has 4 nitrogen and oxygen atoms in total. The largest absolute Gasteiger partial charge is 0.338 e. The van der Waals surface area contributed by atoms with Crippen molar-refractivity contribution in [3.05, 3.63) is 30.1 Å². The highest BCUT2D eigenvalue weighted by Crippen LogP contribution is 2.36. The standard InChI is InChI=1S/C14H19N3O/c15-13-2-1-11-8-17(9-12(11)7-13)14(18)10-3-5-16-6-4-10/h3-6,11-13H,1-2,7-9,15H2/t11-,12+,13?/m1/s1. The Hall–Kier alpha value is -1.42. The van der Waals surface area contributed by atoms with Crippen LogP contribution in [0.1, 0.15) is 29.6 Å². The predicted molar refractivity (Wildman–Crippen MR) is 68.9 cm³/mol. The molecule has 4 heteroatoms. The first kappa shape index (κ1) is 11.7. The van der Waals surface area contributed by atoms with Crippen LogP contribution >= 0.6 is 0 Å². The summed E-state index contributed by atoms with van der Waals surface area (Å²) in [6, 6.07) is 3.91. The van der Waals surface area contributed by atoms with Crippen LogP contribution in [-0.4, -0.2) is 34.9 Å². The lowest BCUT2D eigenvalue weighted by Gasteiger charge is -2.27. The van der Waals surface area contributed by atoms with E-state index < -0.39 is 0 Å². The SMILES string of the molecule is NC1CC[C@@H]2CN(C(=O)c3ccncc3)C[C@@H]2C1. The molecule has 0 radical (unpaired) electrons. The molecule has 1 saturated carbocycles. The molecule has 96 valence electrons. The van der Waals surface area contributed by atoms with Crippen molar-refractivity contribution in [3.8, 4) is 0 Å². The molecule has 0 aromatic carbocycles. The maximum absolute atomic E-state index is 12.3. The number of hydrogen-bond donors (Lipinski definition) is 1. The van der Waals surface area contributed by atoms with Crippen LogP contribution in [0.4, 0.5) is 0 Å². The first-order valence-electron chi connectivity index (χ1n) is 6.69. The van der Waals surface area contributed by atoms with Crippen LogP contribution in [-0.2, 0) is 0 Å². The molecule has 1 amide bonds. The van der Waals surface area contributed by atoms with Crippen LogP contribution < -0.4 is 5.73 Å². The first-order valence-corrected chi connectivity index (χ1v) is 6.69. The van der Waals surface area contributed by atoms with E-state index in [9.17, 15) is 4.79 Å². The van der Waals surface area contributed by atoms with Crippen molar-refractivity contribution in [2.75, 3.05) is 13.1 Å². The van der Waals surface area contributed by atoms with Gasteiger partial charge in [0.15, 0.2) is 0 Å². The number of likely N-dealkylation sites (tertiary alicyclic amines) is 1. The number of amides is 1. The Morgan fingerprint density at radius 3 is 2.72 bits per heavy atom. The highest BCUT2D eigenvalue weighted by Gasteiger charge is 2.38. The summed E-state index contributed by atoms with van der Waals surface area (Å²) >= 11 is 0. The molecule has 2 aliphatic rings. The van der Waals surface area contributed by atoms with Gasteiger partial charge in [-0.1, -0.05) is 0 Å². The number of hydrogen-bond acceptors (Lipinski definition) is 3. The van der Waals surface area contributed by atoms with Gasteiger partial charge in [-0.25, -0.2) is 0 Å².